The van der Waals surface area contributed by atoms with Gasteiger partial charge in [0.15, 0.2) is 0 Å². The molecule has 0 aliphatic carbocycles. The van der Waals surface area contributed by atoms with Gasteiger partial charge in [0, 0.05) is 29.0 Å². The van der Waals surface area contributed by atoms with Gasteiger partial charge in [0.25, 0.3) is 0 Å². The summed E-state index contributed by atoms with van der Waals surface area (Å²) in [7, 11) is 4.19. The molecule has 2 N–H and O–H groups in total. The van der Waals surface area contributed by atoms with E-state index in [4.69, 9.17) is 0 Å². The summed E-state index contributed by atoms with van der Waals surface area (Å²) in [6, 6.07) is 10.4. The van der Waals surface area contributed by atoms with Crippen molar-refractivity contribution >= 4 is 27.6 Å². The number of anilines is 1. The Bertz CT molecular complexity index is 715. The molecule has 1 aromatic carbocycles. The van der Waals surface area contributed by atoms with Crippen molar-refractivity contribution < 1.29 is 0 Å². The van der Waals surface area contributed by atoms with Crippen LogP contribution in [0.4, 0.5) is 5.82 Å². The number of H-pyrrole nitrogens is 1. The van der Waals surface area contributed by atoms with Crippen molar-refractivity contribution in [3.63, 3.8) is 0 Å². The highest BCUT2D eigenvalue weighted by molar-refractivity contribution is 6.10. The number of aromatic nitrogens is 2. The average molecular weight is 268 g/mol. The first kappa shape index (κ1) is 12.9. The van der Waals surface area contributed by atoms with E-state index >= 15 is 0 Å². The quantitative estimate of drug-likeness (QED) is 0.699. The predicted octanol–water partition coefficient (Wildman–Crippen LogP) is 3.08. The second kappa shape index (κ2) is 5.51. The first-order valence-electron chi connectivity index (χ1n) is 7.00. The molecule has 2 heterocycles. The maximum atomic E-state index is 4.46. The molecule has 0 saturated carbocycles. The van der Waals surface area contributed by atoms with E-state index in [-0.39, 0.29) is 0 Å². The zero-order chi connectivity index (χ0) is 13.9. The maximum Gasteiger partial charge on any atom is 0.150 e. The Kier molecular flexibility index (Phi) is 3.56. The molecule has 0 fully saturated rings. The van der Waals surface area contributed by atoms with Crippen molar-refractivity contribution in [1.29, 1.82) is 0 Å². The maximum absolute atomic E-state index is 4.46. The smallest absolute Gasteiger partial charge is 0.150 e. The minimum Gasteiger partial charge on any atom is -0.368 e. The van der Waals surface area contributed by atoms with Gasteiger partial charge >= 0.3 is 0 Å². The molecule has 0 unspecified atom stereocenters. The fourth-order valence-corrected chi connectivity index (χ4v) is 2.51. The number of fused-ring (bicyclic) bond motifs is 3. The van der Waals surface area contributed by atoms with Crippen LogP contribution in [0.5, 0.6) is 0 Å². The predicted molar refractivity (Wildman–Crippen MR) is 85.3 cm³/mol. The van der Waals surface area contributed by atoms with E-state index < -0.39 is 0 Å². The summed E-state index contributed by atoms with van der Waals surface area (Å²) < 4.78 is 0. The minimum atomic E-state index is 0.930. The summed E-state index contributed by atoms with van der Waals surface area (Å²) in [4.78, 5) is 10.1. The number of hydrogen-bond donors (Lipinski definition) is 2. The highest BCUT2D eigenvalue weighted by Crippen LogP contribution is 2.28. The number of benzene rings is 1. The third-order valence-electron chi connectivity index (χ3n) is 3.50. The number of rotatable bonds is 5. The number of nitrogens with zero attached hydrogens (tertiary/aromatic N) is 2. The van der Waals surface area contributed by atoms with Gasteiger partial charge in [-0.3, -0.25) is 0 Å². The molecule has 0 atom stereocenters. The van der Waals surface area contributed by atoms with E-state index in [9.17, 15) is 0 Å². The molecule has 3 aromatic rings. The molecule has 0 bridgehead atoms. The second-order valence-electron chi connectivity index (χ2n) is 5.34. The first-order chi connectivity index (χ1) is 9.75. The van der Waals surface area contributed by atoms with Gasteiger partial charge in [0.2, 0.25) is 0 Å². The summed E-state index contributed by atoms with van der Waals surface area (Å²) in [5, 5.41) is 5.91. The van der Waals surface area contributed by atoms with Crippen molar-refractivity contribution in [2.45, 2.75) is 6.42 Å². The lowest BCUT2D eigenvalue weighted by Crippen LogP contribution is -2.16. The number of para-hydroxylation sites is 1. The third kappa shape index (κ3) is 2.47. The van der Waals surface area contributed by atoms with Gasteiger partial charge in [-0.25, -0.2) is 4.98 Å². The lowest BCUT2D eigenvalue weighted by Gasteiger charge is -2.10. The van der Waals surface area contributed by atoms with Crippen molar-refractivity contribution in [1.82, 2.24) is 14.9 Å². The Morgan fingerprint density at radius 2 is 2.00 bits per heavy atom. The van der Waals surface area contributed by atoms with Gasteiger partial charge in [-0.05, 0) is 39.2 Å². The summed E-state index contributed by atoms with van der Waals surface area (Å²) in [6.45, 7) is 2.01. The van der Waals surface area contributed by atoms with Crippen LogP contribution >= 0.6 is 0 Å². The minimum absolute atomic E-state index is 0.930. The van der Waals surface area contributed by atoms with E-state index in [1.165, 1.54) is 10.8 Å². The third-order valence-corrected chi connectivity index (χ3v) is 3.50. The standard InChI is InChI=1S/C16H20N4/c1-20(2)11-5-9-17-16-15-13(8-10-18-16)12-6-3-4-7-14(12)19-15/h3-4,6-8,10,19H,5,9,11H2,1-2H3,(H,17,18). The molecule has 4 heteroatoms. The van der Waals surface area contributed by atoms with Gasteiger partial charge < -0.3 is 15.2 Å². The molecule has 0 aliphatic rings. The van der Waals surface area contributed by atoms with Crippen molar-refractivity contribution in [2.75, 3.05) is 32.5 Å². The van der Waals surface area contributed by atoms with Crippen molar-refractivity contribution in [2.24, 2.45) is 0 Å². The summed E-state index contributed by atoms with van der Waals surface area (Å²) in [5.74, 6) is 0.942. The van der Waals surface area contributed by atoms with E-state index in [0.717, 1.165) is 36.4 Å². The molecule has 2 aromatic heterocycles. The van der Waals surface area contributed by atoms with Crippen LogP contribution in [0, 0.1) is 0 Å². The lowest BCUT2D eigenvalue weighted by atomic mass is 10.2. The Balaban J connectivity index is 1.87. The molecule has 0 amide bonds. The number of pyridine rings is 1. The fraction of sp³-hybridized carbons (Fsp3) is 0.312. The van der Waals surface area contributed by atoms with E-state index in [0.29, 0.717) is 0 Å². The Morgan fingerprint density at radius 1 is 1.15 bits per heavy atom. The van der Waals surface area contributed by atoms with Crippen LogP contribution in [0.25, 0.3) is 21.8 Å². The molecule has 0 aliphatic heterocycles. The monoisotopic (exact) mass is 268 g/mol. The van der Waals surface area contributed by atoms with Crippen molar-refractivity contribution in [3.05, 3.63) is 36.5 Å². The van der Waals surface area contributed by atoms with Crippen LogP contribution in [0.3, 0.4) is 0 Å². The van der Waals surface area contributed by atoms with Crippen molar-refractivity contribution in [3.8, 4) is 0 Å². The van der Waals surface area contributed by atoms with E-state index in [1.807, 2.05) is 6.20 Å². The fourth-order valence-electron chi connectivity index (χ4n) is 2.51. The molecular formula is C16H20N4. The van der Waals surface area contributed by atoms with Crippen LogP contribution in [0.15, 0.2) is 36.5 Å². The zero-order valence-corrected chi connectivity index (χ0v) is 12.0. The number of nitrogens with one attached hydrogen (secondary N) is 2. The van der Waals surface area contributed by atoms with Gasteiger partial charge in [0.1, 0.15) is 5.82 Å². The topological polar surface area (TPSA) is 44.0 Å². The number of hydrogen-bond acceptors (Lipinski definition) is 3. The molecule has 3 rings (SSSR count). The van der Waals surface area contributed by atoms with E-state index in [2.05, 4.69) is 64.6 Å². The largest absolute Gasteiger partial charge is 0.368 e. The van der Waals surface area contributed by atoms with E-state index in [1.54, 1.807) is 0 Å². The summed E-state index contributed by atoms with van der Waals surface area (Å²) in [5.41, 5.74) is 2.25. The SMILES string of the molecule is CN(C)CCCNc1nccc2c1[nH]c1ccccc12. The molecule has 104 valence electrons. The molecule has 0 spiro atoms. The normalized spacial score (nSPS) is 11.6. The van der Waals surface area contributed by atoms with Gasteiger partial charge in [-0.1, -0.05) is 18.2 Å². The van der Waals surface area contributed by atoms with Crippen LogP contribution in [-0.4, -0.2) is 42.1 Å². The van der Waals surface area contributed by atoms with Crippen LogP contribution in [-0.2, 0) is 0 Å². The molecule has 0 radical (unpaired) electrons. The van der Waals surface area contributed by atoms with Gasteiger partial charge in [-0.2, -0.15) is 0 Å². The van der Waals surface area contributed by atoms with Gasteiger partial charge in [0.05, 0.1) is 5.52 Å². The van der Waals surface area contributed by atoms with Crippen LogP contribution in [0.1, 0.15) is 6.42 Å². The molecular weight excluding hydrogens is 248 g/mol. The summed E-state index contributed by atoms with van der Waals surface area (Å²) >= 11 is 0. The van der Waals surface area contributed by atoms with Crippen LogP contribution in [0.2, 0.25) is 0 Å². The highest BCUT2D eigenvalue weighted by Gasteiger charge is 2.07. The lowest BCUT2D eigenvalue weighted by molar-refractivity contribution is 0.405. The zero-order valence-electron chi connectivity index (χ0n) is 12.0. The highest BCUT2D eigenvalue weighted by atomic mass is 15.1. The Labute approximate surface area is 118 Å². The average Bonchev–Trinajstić information content (AvgIpc) is 2.83. The number of aromatic amines is 1. The second-order valence-corrected chi connectivity index (χ2v) is 5.34. The Morgan fingerprint density at radius 3 is 2.85 bits per heavy atom. The molecule has 20 heavy (non-hydrogen) atoms. The molecule has 0 saturated heterocycles. The Hall–Kier alpha value is -2.07. The van der Waals surface area contributed by atoms with Gasteiger partial charge in [-0.15, -0.1) is 0 Å². The summed E-state index contributed by atoms with van der Waals surface area (Å²) in [6.07, 6.45) is 2.97. The first-order valence-corrected chi connectivity index (χ1v) is 7.00. The van der Waals surface area contributed by atoms with Crippen LogP contribution < -0.4 is 5.32 Å². The molecule has 4 nitrogen and oxygen atoms in total.